The van der Waals surface area contributed by atoms with Crippen LogP contribution < -0.4 is 16.2 Å². The van der Waals surface area contributed by atoms with Gasteiger partial charge in [0.25, 0.3) is 0 Å². The Hall–Kier alpha value is -1.06. The van der Waals surface area contributed by atoms with Gasteiger partial charge in [-0.3, -0.25) is 0 Å². The Balaban J connectivity index is 2.75. The zero-order valence-corrected chi connectivity index (χ0v) is 11.8. The van der Waals surface area contributed by atoms with Gasteiger partial charge < -0.3 is 16.2 Å². The molecule has 1 aromatic carbocycles. The van der Waals surface area contributed by atoms with Gasteiger partial charge in [0.2, 0.25) is 0 Å². The first-order chi connectivity index (χ1) is 8.62. The summed E-state index contributed by atoms with van der Waals surface area (Å²) in [7, 11) is 0. The zero-order valence-electron chi connectivity index (χ0n) is 11.8. The van der Waals surface area contributed by atoms with E-state index in [2.05, 4.69) is 26.0 Å². The van der Waals surface area contributed by atoms with Crippen LogP contribution in [-0.2, 0) is 6.42 Å². The zero-order chi connectivity index (χ0) is 13.5. The minimum Gasteiger partial charge on any atom is -0.494 e. The van der Waals surface area contributed by atoms with E-state index in [4.69, 9.17) is 16.2 Å². The molecule has 0 atom stereocenters. The van der Waals surface area contributed by atoms with Crippen LogP contribution in [0.25, 0.3) is 0 Å². The van der Waals surface area contributed by atoms with Crippen LogP contribution in [0.2, 0.25) is 0 Å². The summed E-state index contributed by atoms with van der Waals surface area (Å²) in [6, 6.07) is 4.36. The van der Waals surface area contributed by atoms with E-state index in [1.54, 1.807) is 0 Å². The molecule has 0 radical (unpaired) electrons. The SMILES string of the molecule is CCOc1cc(C)c(CCC(CN)CN)cc1C. The Morgan fingerprint density at radius 3 is 2.33 bits per heavy atom. The molecule has 0 fully saturated rings. The lowest BCUT2D eigenvalue weighted by Crippen LogP contribution is -2.23. The molecule has 0 aliphatic carbocycles. The molecule has 0 amide bonds. The van der Waals surface area contributed by atoms with E-state index < -0.39 is 0 Å². The van der Waals surface area contributed by atoms with Crippen LogP contribution in [0.3, 0.4) is 0 Å². The molecule has 0 aliphatic heterocycles. The second-order valence-electron chi connectivity index (χ2n) is 4.85. The Kier molecular flexibility index (Phi) is 6.16. The molecule has 0 bridgehead atoms. The van der Waals surface area contributed by atoms with Gasteiger partial charge in [0, 0.05) is 0 Å². The van der Waals surface area contributed by atoms with Crippen molar-refractivity contribution in [3.63, 3.8) is 0 Å². The van der Waals surface area contributed by atoms with E-state index in [1.165, 1.54) is 16.7 Å². The highest BCUT2D eigenvalue weighted by Gasteiger charge is 2.08. The van der Waals surface area contributed by atoms with E-state index in [0.29, 0.717) is 25.6 Å². The van der Waals surface area contributed by atoms with Crippen molar-refractivity contribution >= 4 is 0 Å². The molecule has 0 spiro atoms. The summed E-state index contributed by atoms with van der Waals surface area (Å²) in [4.78, 5) is 0. The maximum atomic E-state index is 5.68. The molecular formula is C15H26N2O. The van der Waals surface area contributed by atoms with Gasteiger partial charge in [-0.1, -0.05) is 6.07 Å². The van der Waals surface area contributed by atoms with Gasteiger partial charge in [0.15, 0.2) is 0 Å². The maximum absolute atomic E-state index is 5.68. The maximum Gasteiger partial charge on any atom is 0.122 e. The third kappa shape index (κ3) is 4.00. The molecule has 1 aromatic rings. The summed E-state index contributed by atoms with van der Waals surface area (Å²) in [5.74, 6) is 1.42. The first-order valence-electron chi connectivity index (χ1n) is 6.75. The van der Waals surface area contributed by atoms with E-state index in [0.717, 1.165) is 18.6 Å². The molecule has 3 nitrogen and oxygen atoms in total. The van der Waals surface area contributed by atoms with Crippen LogP contribution in [0.4, 0.5) is 0 Å². The van der Waals surface area contributed by atoms with Crippen LogP contribution in [0.5, 0.6) is 5.75 Å². The number of hydrogen-bond acceptors (Lipinski definition) is 3. The summed E-state index contributed by atoms with van der Waals surface area (Å²) in [5, 5.41) is 0. The van der Waals surface area contributed by atoms with Crippen molar-refractivity contribution < 1.29 is 4.74 Å². The lowest BCUT2D eigenvalue weighted by atomic mass is 9.95. The predicted molar refractivity (Wildman–Crippen MR) is 77.0 cm³/mol. The van der Waals surface area contributed by atoms with Crippen LogP contribution >= 0.6 is 0 Å². The third-order valence-electron chi connectivity index (χ3n) is 3.42. The minimum atomic E-state index is 0.427. The van der Waals surface area contributed by atoms with Crippen molar-refractivity contribution in [1.29, 1.82) is 0 Å². The molecule has 0 saturated carbocycles. The average Bonchev–Trinajstić information content (AvgIpc) is 2.36. The third-order valence-corrected chi connectivity index (χ3v) is 3.42. The highest BCUT2D eigenvalue weighted by molar-refractivity contribution is 5.41. The highest BCUT2D eigenvalue weighted by atomic mass is 16.5. The quantitative estimate of drug-likeness (QED) is 0.779. The van der Waals surface area contributed by atoms with Crippen molar-refractivity contribution in [2.24, 2.45) is 17.4 Å². The smallest absolute Gasteiger partial charge is 0.122 e. The van der Waals surface area contributed by atoms with Gasteiger partial charge in [-0.2, -0.15) is 0 Å². The highest BCUT2D eigenvalue weighted by Crippen LogP contribution is 2.24. The molecule has 0 aliphatic rings. The lowest BCUT2D eigenvalue weighted by molar-refractivity contribution is 0.337. The standard InChI is InChI=1S/C15H26N2O/c1-4-18-15-8-11(2)14(7-12(15)3)6-5-13(9-16)10-17/h7-8,13H,4-6,9-10,16-17H2,1-3H3. The largest absolute Gasteiger partial charge is 0.494 e. The number of benzene rings is 1. The molecule has 0 unspecified atom stereocenters. The van der Waals surface area contributed by atoms with Crippen molar-refractivity contribution in [3.8, 4) is 5.75 Å². The van der Waals surface area contributed by atoms with Gasteiger partial charge in [-0.25, -0.2) is 0 Å². The molecule has 102 valence electrons. The first-order valence-corrected chi connectivity index (χ1v) is 6.75. The van der Waals surface area contributed by atoms with Crippen LogP contribution in [0, 0.1) is 19.8 Å². The van der Waals surface area contributed by atoms with Gasteiger partial charge in [0.05, 0.1) is 6.61 Å². The fourth-order valence-corrected chi connectivity index (χ4v) is 2.12. The van der Waals surface area contributed by atoms with Crippen LogP contribution in [0.1, 0.15) is 30.0 Å². The van der Waals surface area contributed by atoms with E-state index in [1.807, 2.05) is 6.92 Å². The number of nitrogens with two attached hydrogens (primary N) is 2. The molecule has 1 rings (SSSR count). The average molecular weight is 250 g/mol. The van der Waals surface area contributed by atoms with Crippen molar-refractivity contribution in [2.45, 2.75) is 33.6 Å². The van der Waals surface area contributed by atoms with Gasteiger partial charge in [0.1, 0.15) is 5.75 Å². The molecule has 4 N–H and O–H groups in total. The number of rotatable bonds is 7. The molecule has 0 aromatic heterocycles. The monoisotopic (exact) mass is 250 g/mol. The fraction of sp³-hybridized carbons (Fsp3) is 0.600. The van der Waals surface area contributed by atoms with Crippen molar-refractivity contribution in [1.82, 2.24) is 0 Å². The topological polar surface area (TPSA) is 61.3 Å². The Labute approximate surface area is 111 Å². The second-order valence-corrected chi connectivity index (χ2v) is 4.85. The first kappa shape index (κ1) is 15.0. The Morgan fingerprint density at radius 2 is 1.78 bits per heavy atom. The minimum absolute atomic E-state index is 0.427. The Morgan fingerprint density at radius 1 is 1.11 bits per heavy atom. The fourth-order valence-electron chi connectivity index (χ4n) is 2.12. The van der Waals surface area contributed by atoms with Gasteiger partial charge in [-0.05, 0) is 75.4 Å². The van der Waals surface area contributed by atoms with Crippen molar-refractivity contribution in [2.75, 3.05) is 19.7 Å². The molecule has 18 heavy (non-hydrogen) atoms. The number of hydrogen-bond donors (Lipinski definition) is 2. The molecular weight excluding hydrogens is 224 g/mol. The normalized spacial score (nSPS) is 11.0. The van der Waals surface area contributed by atoms with Gasteiger partial charge in [-0.15, -0.1) is 0 Å². The number of aryl methyl sites for hydroxylation is 3. The van der Waals surface area contributed by atoms with E-state index in [9.17, 15) is 0 Å². The van der Waals surface area contributed by atoms with E-state index >= 15 is 0 Å². The molecule has 0 heterocycles. The van der Waals surface area contributed by atoms with Crippen LogP contribution in [0.15, 0.2) is 12.1 Å². The summed E-state index contributed by atoms with van der Waals surface area (Å²) >= 11 is 0. The summed E-state index contributed by atoms with van der Waals surface area (Å²) < 4.78 is 5.60. The van der Waals surface area contributed by atoms with Crippen LogP contribution in [-0.4, -0.2) is 19.7 Å². The molecule has 0 saturated heterocycles. The lowest BCUT2D eigenvalue weighted by Gasteiger charge is -2.15. The van der Waals surface area contributed by atoms with Gasteiger partial charge >= 0.3 is 0 Å². The Bertz CT molecular complexity index is 373. The summed E-state index contributed by atoms with van der Waals surface area (Å²) in [5.41, 5.74) is 15.2. The van der Waals surface area contributed by atoms with Crippen molar-refractivity contribution in [3.05, 3.63) is 28.8 Å². The summed E-state index contributed by atoms with van der Waals surface area (Å²) in [6.45, 7) is 8.30. The predicted octanol–water partition coefficient (Wildman–Crippen LogP) is 2.17. The molecule has 3 heteroatoms. The van der Waals surface area contributed by atoms with E-state index in [-0.39, 0.29) is 0 Å². The summed E-state index contributed by atoms with van der Waals surface area (Å²) in [6.07, 6.45) is 2.10. The second kappa shape index (κ2) is 7.39. The number of ether oxygens (including phenoxy) is 1.